The van der Waals surface area contributed by atoms with Crippen molar-refractivity contribution in [1.82, 2.24) is 53.3 Å². The molecule has 2 aliphatic heterocycles. The third-order valence-corrected chi connectivity index (χ3v) is 28.2. The lowest BCUT2D eigenvalue weighted by atomic mass is 9.44. The Morgan fingerprint density at radius 2 is 1.24 bits per heavy atom. The summed E-state index contributed by atoms with van der Waals surface area (Å²) in [4.78, 5) is 163. The first kappa shape index (κ1) is 119. The fraction of sp³-hybridized carbons (Fsp3) is 0.631. The zero-order valence-corrected chi connectivity index (χ0v) is 85.9. The zero-order valence-electron chi connectivity index (χ0n) is 85.1. The molecular weight excluding hydrogens is 1950 g/mol. The number of urea groups is 1. The summed E-state index contributed by atoms with van der Waals surface area (Å²) in [6.07, 6.45) is 1.72. The van der Waals surface area contributed by atoms with Crippen LogP contribution in [0.5, 0.6) is 0 Å². The van der Waals surface area contributed by atoms with E-state index in [0.29, 0.717) is 95.2 Å². The Kier molecular flexibility index (Phi) is 48.2. The molecule has 0 radical (unpaired) electrons. The van der Waals surface area contributed by atoms with E-state index in [1.54, 1.807) is 37.8 Å². The number of Topliss-reactive ketones (excluding diaryl/α,β-unsaturated/α-hetero) is 1. The van der Waals surface area contributed by atoms with Crippen LogP contribution in [0.1, 0.15) is 179 Å². The monoisotopic (exact) mass is 2100 g/mol. The molecule has 818 valence electrons. The van der Waals surface area contributed by atoms with Crippen LogP contribution in [-0.4, -0.2) is 307 Å². The number of nitrogens with one attached hydrogen (secondary N) is 11. The summed E-state index contributed by atoms with van der Waals surface area (Å²) in [6, 6.07) is 16.6. The molecule has 3 aromatic carbocycles. The number of hydrogen-bond donors (Lipinski definition) is 15. The van der Waals surface area contributed by atoms with Gasteiger partial charge in [0, 0.05) is 97.7 Å². The number of nitrogens with two attached hydrogens (primary N) is 2. The van der Waals surface area contributed by atoms with Gasteiger partial charge in [-0.05, 0) is 155 Å². The molecule has 148 heavy (non-hydrogen) atoms. The Balaban J connectivity index is 0.669. The van der Waals surface area contributed by atoms with Gasteiger partial charge in [0.25, 0.3) is 10.1 Å². The van der Waals surface area contributed by atoms with Crippen LogP contribution in [0.3, 0.4) is 0 Å². The summed E-state index contributed by atoms with van der Waals surface area (Å²) in [6.45, 7) is 11.7. The van der Waals surface area contributed by atoms with Gasteiger partial charge in [-0.15, -0.1) is 0 Å². The summed E-state index contributed by atoms with van der Waals surface area (Å²) >= 11 is 0. The van der Waals surface area contributed by atoms with Crippen LogP contribution < -0.4 is 75.1 Å². The van der Waals surface area contributed by atoms with Gasteiger partial charge in [0.15, 0.2) is 29.1 Å². The quantitative estimate of drug-likeness (QED) is 0.0118. The van der Waals surface area contributed by atoms with Crippen LogP contribution in [-0.2, 0) is 128 Å². The minimum absolute atomic E-state index is 0.000890. The number of amides is 11. The second-order valence-electron chi connectivity index (χ2n) is 38.2. The minimum Gasteiger partial charge on any atom is -0.445 e. The van der Waals surface area contributed by atoms with Gasteiger partial charge in [-0.25, -0.2) is 18.4 Å². The molecule has 7 aliphatic rings. The molecule has 0 spiro atoms. The van der Waals surface area contributed by atoms with Gasteiger partial charge in [-0.3, -0.25) is 58.3 Å². The van der Waals surface area contributed by atoms with Crippen LogP contribution in [0.15, 0.2) is 108 Å². The highest BCUT2D eigenvalue weighted by atomic mass is 32.2. The number of allylic oxidation sites excluding steroid dienone is 5. The first-order valence-corrected chi connectivity index (χ1v) is 52.7. The van der Waals surface area contributed by atoms with Crippen molar-refractivity contribution in [1.29, 1.82) is 0 Å². The van der Waals surface area contributed by atoms with Gasteiger partial charge in [0.2, 0.25) is 47.3 Å². The third-order valence-electron chi connectivity index (χ3n) is 27.5. The number of ketones is 2. The number of alkyl carbamates (subject to hydrolysis) is 1. The number of aliphatic hydroxyl groups is 1. The maximum absolute atomic E-state index is 18.1. The summed E-state index contributed by atoms with van der Waals surface area (Å²) in [5.74, 6) is 4.26. The number of aliphatic hydroxyl groups excluding tert-OH is 1. The number of hydrazine groups is 1. The number of primary amides is 1. The highest BCUT2D eigenvalue weighted by Gasteiger charge is 2.80. The van der Waals surface area contributed by atoms with Crippen LogP contribution in [0.4, 0.5) is 29.7 Å². The van der Waals surface area contributed by atoms with Crippen molar-refractivity contribution in [2.75, 3.05) is 168 Å². The Morgan fingerprint density at radius 3 is 1.90 bits per heavy atom. The van der Waals surface area contributed by atoms with Gasteiger partial charge >= 0.3 is 12.1 Å². The number of carbonyl (C=O) groups excluding carboxylic acids is 12. The molecular formula is C103H148F2N14O28S. The normalized spacial score (nSPS) is 22.8. The Labute approximate surface area is 862 Å². The van der Waals surface area contributed by atoms with Gasteiger partial charge < -0.3 is 131 Å². The highest BCUT2D eigenvalue weighted by Crippen LogP contribution is 2.72. The second kappa shape index (κ2) is 60.1. The first-order valence-electron chi connectivity index (χ1n) is 51.1. The first-order chi connectivity index (χ1) is 71.1. The second-order valence-corrected chi connectivity index (χ2v) is 39.7. The lowest BCUT2D eigenvalue weighted by molar-refractivity contribution is -0.233. The number of rotatable bonds is 65. The summed E-state index contributed by atoms with van der Waals surface area (Å²) < 4.78 is 134. The predicted molar refractivity (Wildman–Crippen MR) is 537 cm³/mol. The number of para-hydroxylation sites is 1. The average Bonchev–Trinajstić information content (AvgIpc) is 1.45. The van der Waals surface area contributed by atoms with E-state index in [1.807, 2.05) is 55.5 Å². The lowest BCUT2D eigenvalue weighted by Crippen LogP contribution is -2.71. The molecule has 5 aliphatic carbocycles. The number of anilines is 2. The molecule has 42 nitrogen and oxygen atoms in total. The van der Waals surface area contributed by atoms with Gasteiger partial charge in [0.05, 0.1) is 148 Å². The number of nitrogens with zero attached hydrogens (tertiary/aromatic N) is 1. The maximum Gasteiger partial charge on any atom is 0.407 e. The Bertz CT molecular complexity index is 5210. The smallest absolute Gasteiger partial charge is 0.407 e. The van der Waals surface area contributed by atoms with Crippen molar-refractivity contribution in [3.8, 4) is 11.8 Å². The van der Waals surface area contributed by atoms with E-state index < -0.39 is 170 Å². The summed E-state index contributed by atoms with van der Waals surface area (Å²) in [5, 5.41) is 39.6. The molecule has 0 bridgehead atoms. The highest BCUT2D eigenvalue weighted by molar-refractivity contribution is 7.85. The maximum atomic E-state index is 18.1. The van der Waals surface area contributed by atoms with Crippen molar-refractivity contribution >= 4 is 92.4 Å². The molecule has 4 fully saturated rings. The third kappa shape index (κ3) is 35.0. The number of unbranched alkanes of at least 4 members (excludes halogenated alkanes) is 1. The van der Waals surface area contributed by atoms with Crippen molar-refractivity contribution in [2.45, 2.75) is 230 Å². The number of hydrogen-bond acceptors (Lipinski definition) is 30. The number of ether oxygens (including phenoxy) is 12. The van der Waals surface area contributed by atoms with E-state index in [-0.39, 0.29) is 206 Å². The molecule has 3 unspecified atom stereocenters. The Morgan fingerprint density at radius 1 is 0.635 bits per heavy atom. The number of carbonyl (C=O) groups is 12. The molecule has 11 amide bonds. The number of alkyl halides is 2. The fourth-order valence-electron chi connectivity index (χ4n) is 19.8. The van der Waals surface area contributed by atoms with Gasteiger partial charge in [-0.1, -0.05) is 107 Å². The molecule has 17 N–H and O–H groups in total. The molecule has 45 heteroatoms. The largest absolute Gasteiger partial charge is 0.445 e. The zero-order chi connectivity index (χ0) is 107. The predicted octanol–water partition coefficient (Wildman–Crippen LogP) is 4.85. The van der Waals surface area contributed by atoms with Crippen molar-refractivity contribution in [2.24, 2.45) is 40.2 Å². The number of benzene rings is 3. The summed E-state index contributed by atoms with van der Waals surface area (Å²) in [5.41, 5.74) is 6.20. The molecule has 0 aromatic heterocycles. The number of halogens is 2. The molecule has 10 rings (SSSR count). The fourth-order valence-corrected chi connectivity index (χ4v) is 20.2. The van der Waals surface area contributed by atoms with Crippen molar-refractivity contribution < 1.29 is 141 Å². The molecule has 3 aromatic rings. The van der Waals surface area contributed by atoms with E-state index in [9.17, 15) is 71.1 Å². The number of fused-ring (bicyclic) bond motifs is 9. The molecule has 14 atom stereocenters. The van der Waals surface area contributed by atoms with E-state index in [1.165, 1.54) is 31.2 Å². The topological polar surface area (TPSA) is 578 Å². The van der Waals surface area contributed by atoms with E-state index in [2.05, 4.69) is 70.4 Å². The van der Waals surface area contributed by atoms with E-state index in [0.717, 1.165) is 47.7 Å². The Hall–Kier alpha value is -11.1. The van der Waals surface area contributed by atoms with E-state index >= 15 is 8.78 Å². The minimum atomic E-state index is -4.17. The van der Waals surface area contributed by atoms with Crippen LogP contribution in [0.2, 0.25) is 0 Å². The molecule has 2 heterocycles. The van der Waals surface area contributed by atoms with Crippen LogP contribution in [0, 0.1) is 40.4 Å². The van der Waals surface area contributed by atoms with Crippen LogP contribution in [0.25, 0.3) is 0 Å². The molecule has 3 saturated carbocycles. The van der Waals surface area contributed by atoms with Crippen molar-refractivity contribution in [3.63, 3.8) is 0 Å². The van der Waals surface area contributed by atoms with Crippen molar-refractivity contribution in [3.05, 3.63) is 130 Å². The standard InChI is InChI=1S/C103H148F2N14O28S/c1-6-17-92-146-86-62-75-76-61-78(104)77-60-74(120)34-37-100(77,4)102(76,105)84(121)63-101(75,5)103(86,147-92)85(122)64-113-99(132)145-66-69-26-30-73(31-27-69)114-95(128)81(23-16-39-112-98(106)131)116-97(130)93(68(2)3)117-96(129)80(115-89(125)36-44-137-48-52-141-56-58-143-54-50-139-46-41-110-87(123)32-33-91(127)119-65-72-20-11-10-18-70(72)28-29-71-19-12-13-24-82(71)119)22-14-15-38-109-90(126)67-144-83-25-9-7-8-21-79(94(83)118-107)108-40-45-138-49-53-142-57-55-140-51-47-136-43-35-88(124)111-42-59-148(133,134)135/h10-13,18-20,24,26-27,30-31,34,37,60,68,75-76,78,80-81,83-84,86,92-93,108,118,121H,6-9,14-17,21-23,25,32-33,35-36,38-59,61-67,107H2,1-5H3,(H,109,126)(H,110,123)(H,111,124)(H,113,132)(H,114,128)(H,115,125)(H,116,130)(H,117,129)(H3,106,112,131)(H,133,134,135)/t75?,76-,78-,80+,81-,83?,84-,86+,92?,93-,100-,101-,102-,103+/m0/s1. The summed E-state index contributed by atoms with van der Waals surface area (Å²) in [7, 11) is -4.17. The van der Waals surface area contributed by atoms with Crippen LogP contribution >= 0.6 is 0 Å². The lowest BCUT2D eigenvalue weighted by Gasteiger charge is -2.63. The average molecular weight is 2100 g/mol. The SMILES string of the molecule is CCCC1O[C@@H]2CC3[C@@H]4C[C@H](F)C5=CC(=O)C=C[C@]5(C)[C@@]4(F)[C@@H](O)C[C@]3(C)[C@]2(C(=O)CNC(=O)OCc2ccc(NC(=O)[C@H](CCCNC(N)=O)NC(=O)[C@@H](NC(=O)[C@@H](CCCCNC(=O)COC3CCCCCC(NCCOCCOCCOCCOCCC(=O)NCCS(=O)(=O)O)=C3NN)NC(=O)CCOCCOCCOCCOCCNC(=O)CCC(=O)N3Cc4ccccc4C#Cc4ccccc43)C(C)C)cc2)O1. The van der Waals surface area contributed by atoms with Gasteiger partial charge in [-0.2, -0.15) is 8.42 Å². The van der Waals surface area contributed by atoms with E-state index in [4.69, 9.17) is 73.0 Å². The molecule has 1 saturated heterocycles. The van der Waals surface area contributed by atoms with Gasteiger partial charge in [0.1, 0.15) is 43.6 Å².